The van der Waals surface area contributed by atoms with Gasteiger partial charge in [0.15, 0.2) is 23.8 Å². The van der Waals surface area contributed by atoms with E-state index in [0.717, 1.165) is 17.0 Å². The number of hydrogen-bond acceptors (Lipinski definition) is 7. The van der Waals surface area contributed by atoms with Crippen LogP contribution < -0.4 is 20.6 Å². The molecule has 12 heteroatoms. The van der Waals surface area contributed by atoms with Gasteiger partial charge in [-0.1, -0.05) is 23.2 Å². The molecule has 1 aromatic heterocycles. The lowest BCUT2D eigenvalue weighted by molar-refractivity contribution is 0.240. The molecular formula is C18H12Cl2N6O4. The fourth-order valence-electron chi connectivity index (χ4n) is 3.50. The first-order valence-corrected chi connectivity index (χ1v) is 9.74. The van der Waals surface area contributed by atoms with Crippen LogP contribution in [0, 0.1) is 11.3 Å². The number of amides is 2. The van der Waals surface area contributed by atoms with Crippen molar-refractivity contribution in [3.63, 3.8) is 0 Å². The molecule has 2 aromatic rings. The second kappa shape index (κ2) is 6.98. The van der Waals surface area contributed by atoms with E-state index in [0.29, 0.717) is 18.4 Å². The van der Waals surface area contributed by atoms with Crippen LogP contribution in [-0.4, -0.2) is 34.3 Å². The number of nitrogens with zero attached hydrogens (tertiary/aromatic N) is 4. The number of carbonyl (C=O) groups excluding carboxylic acids is 1. The number of hydrogen-bond donors (Lipinski definition) is 2. The van der Waals surface area contributed by atoms with E-state index in [1.807, 2.05) is 6.07 Å². The number of hydrazone groups is 1. The number of ether oxygens (including phenoxy) is 2. The number of H-pyrrole nitrogens is 1. The number of rotatable bonds is 3. The molecule has 1 aromatic carbocycles. The molecular weight excluding hydrogens is 435 g/mol. The lowest BCUT2D eigenvalue weighted by atomic mass is 10.2. The zero-order chi connectivity index (χ0) is 21.0. The van der Waals surface area contributed by atoms with E-state index in [1.165, 1.54) is 12.1 Å². The molecule has 0 spiro atoms. The second-order valence-electron chi connectivity index (χ2n) is 6.84. The number of benzene rings is 1. The van der Waals surface area contributed by atoms with E-state index in [-0.39, 0.29) is 38.6 Å². The van der Waals surface area contributed by atoms with Crippen LogP contribution in [0.1, 0.15) is 17.5 Å². The first-order chi connectivity index (χ1) is 14.5. The van der Waals surface area contributed by atoms with Crippen LogP contribution in [0.15, 0.2) is 22.0 Å². The summed E-state index contributed by atoms with van der Waals surface area (Å²) >= 11 is 12.8. The summed E-state index contributed by atoms with van der Waals surface area (Å²) in [7, 11) is 0. The summed E-state index contributed by atoms with van der Waals surface area (Å²) < 4.78 is 11.0. The van der Waals surface area contributed by atoms with Crippen molar-refractivity contribution in [2.45, 2.75) is 31.6 Å². The monoisotopic (exact) mass is 446 g/mol. The number of halogens is 2. The number of fused-ring (bicyclic) bond motifs is 2. The van der Waals surface area contributed by atoms with Crippen LogP contribution >= 0.6 is 23.2 Å². The Morgan fingerprint density at radius 2 is 1.97 bits per heavy atom. The Labute approximate surface area is 179 Å². The van der Waals surface area contributed by atoms with Gasteiger partial charge in [-0.05, 0) is 31.4 Å². The second-order valence-corrected chi connectivity index (χ2v) is 7.66. The van der Waals surface area contributed by atoms with Gasteiger partial charge < -0.3 is 14.8 Å². The molecule has 2 aliphatic heterocycles. The topological polar surface area (TPSA) is 136 Å². The molecule has 2 N–H and O–H groups in total. The van der Waals surface area contributed by atoms with Crippen molar-refractivity contribution < 1.29 is 14.3 Å². The molecule has 1 aliphatic carbocycles. The molecule has 152 valence electrons. The highest BCUT2D eigenvalue weighted by molar-refractivity contribution is 6.37. The Morgan fingerprint density at radius 3 is 2.70 bits per heavy atom. The highest BCUT2D eigenvalue weighted by Crippen LogP contribution is 2.41. The number of urea groups is 1. The maximum absolute atomic E-state index is 12.4. The summed E-state index contributed by atoms with van der Waals surface area (Å²) in [5.41, 5.74) is 1.43. The normalized spacial score (nSPS) is 21.7. The average molecular weight is 447 g/mol. The number of anilines is 1. The molecule has 0 saturated carbocycles. The molecule has 2 unspecified atom stereocenters. The minimum Gasteiger partial charge on any atom is -0.434 e. The van der Waals surface area contributed by atoms with Crippen molar-refractivity contribution in [3.05, 3.63) is 43.7 Å². The largest absolute Gasteiger partial charge is 0.434 e. The molecule has 1 fully saturated rings. The molecule has 5 rings (SSSR count). The van der Waals surface area contributed by atoms with Crippen LogP contribution in [0.3, 0.4) is 0 Å². The molecule has 3 heterocycles. The Kier molecular flexibility index (Phi) is 4.39. The Bertz CT molecular complexity index is 1200. The standard InChI is InChI=1S/C18H12Cl2N6O4/c19-10-4-7(26-18(28)22-17-14(30-17)12(6-21)25-26)5-11(20)13(10)29-16-9-3-1-2-8(9)15(27)23-24-16/h4-5,14,17H,1-3H2,(H,22,28)(H,23,27). The zero-order valence-electron chi connectivity index (χ0n) is 15.1. The molecule has 3 aliphatic rings. The van der Waals surface area contributed by atoms with Gasteiger partial charge >= 0.3 is 6.03 Å². The van der Waals surface area contributed by atoms with E-state index >= 15 is 0 Å². The molecule has 10 nitrogen and oxygen atoms in total. The predicted molar refractivity (Wildman–Crippen MR) is 106 cm³/mol. The van der Waals surface area contributed by atoms with Crippen molar-refractivity contribution in [1.82, 2.24) is 15.5 Å². The number of nitriles is 1. The fourth-order valence-corrected chi connectivity index (χ4v) is 4.05. The van der Waals surface area contributed by atoms with Crippen LogP contribution in [0.2, 0.25) is 10.0 Å². The van der Waals surface area contributed by atoms with Crippen molar-refractivity contribution in [2.24, 2.45) is 5.10 Å². The molecule has 0 bridgehead atoms. The van der Waals surface area contributed by atoms with Crippen LogP contribution in [-0.2, 0) is 17.6 Å². The molecule has 0 radical (unpaired) electrons. The number of aromatic nitrogens is 2. The first-order valence-electron chi connectivity index (χ1n) is 8.98. The van der Waals surface area contributed by atoms with Gasteiger partial charge in [0.05, 0.1) is 15.7 Å². The summed E-state index contributed by atoms with van der Waals surface area (Å²) in [6.07, 6.45) is 1.00. The summed E-state index contributed by atoms with van der Waals surface area (Å²) in [5.74, 6) is 0.356. The van der Waals surface area contributed by atoms with E-state index in [4.69, 9.17) is 32.7 Å². The Hall–Kier alpha value is -3.13. The summed E-state index contributed by atoms with van der Waals surface area (Å²) in [5, 5.41) is 23.5. The smallest absolute Gasteiger partial charge is 0.344 e. The van der Waals surface area contributed by atoms with Gasteiger partial charge in [-0.15, -0.1) is 5.10 Å². The molecule has 1 saturated heterocycles. The van der Waals surface area contributed by atoms with E-state index in [1.54, 1.807) is 0 Å². The molecule has 2 atom stereocenters. The van der Waals surface area contributed by atoms with Gasteiger partial charge in [0.2, 0.25) is 5.88 Å². The fraction of sp³-hybridized carbons (Fsp3) is 0.278. The molecule has 30 heavy (non-hydrogen) atoms. The Balaban J connectivity index is 1.50. The van der Waals surface area contributed by atoms with Crippen LogP contribution in [0.25, 0.3) is 0 Å². The van der Waals surface area contributed by atoms with Crippen LogP contribution in [0.5, 0.6) is 11.6 Å². The van der Waals surface area contributed by atoms with Gasteiger partial charge in [0.25, 0.3) is 5.56 Å². The first kappa shape index (κ1) is 18.9. The van der Waals surface area contributed by atoms with Gasteiger partial charge in [0.1, 0.15) is 6.07 Å². The quantitative estimate of drug-likeness (QED) is 0.694. The lowest BCUT2D eigenvalue weighted by Crippen LogP contribution is -2.37. The van der Waals surface area contributed by atoms with E-state index < -0.39 is 18.4 Å². The summed E-state index contributed by atoms with van der Waals surface area (Å²) in [4.78, 5) is 24.3. The predicted octanol–water partition coefficient (Wildman–Crippen LogP) is 2.49. The van der Waals surface area contributed by atoms with Crippen molar-refractivity contribution in [3.8, 4) is 17.7 Å². The summed E-state index contributed by atoms with van der Waals surface area (Å²) in [6.45, 7) is 0. The number of carbonyl (C=O) groups is 1. The third kappa shape index (κ3) is 3.08. The van der Waals surface area contributed by atoms with Gasteiger partial charge in [-0.25, -0.2) is 9.89 Å². The van der Waals surface area contributed by atoms with Gasteiger partial charge in [-0.2, -0.15) is 15.4 Å². The lowest BCUT2D eigenvalue weighted by Gasteiger charge is -2.18. The third-order valence-corrected chi connectivity index (χ3v) is 5.54. The maximum Gasteiger partial charge on any atom is 0.344 e. The molecule has 2 amide bonds. The minimum absolute atomic E-state index is 0.0546. The van der Waals surface area contributed by atoms with Crippen molar-refractivity contribution >= 4 is 40.6 Å². The van der Waals surface area contributed by atoms with Crippen molar-refractivity contribution in [1.29, 1.82) is 5.26 Å². The summed E-state index contributed by atoms with van der Waals surface area (Å²) in [6, 6.07) is 4.20. The van der Waals surface area contributed by atoms with Crippen LogP contribution in [0.4, 0.5) is 10.5 Å². The maximum atomic E-state index is 12.4. The average Bonchev–Trinajstić information content (AvgIpc) is 3.30. The van der Waals surface area contributed by atoms with Crippen molar-refractivity contribution in [2.75, 3.05) is 5.01 Å². The number of epoxide rings is 1. The van der Waals surface area contributed by atoms with E-state index in [2.05, 4.69) is 20.6 Å². The minimum atomic E-state index is -0.589. The highest BCUT2D eigenvalue weighted by Gasteiger charge is 2.48. The Morgan fingerprint density at radius 1 is 1.23 bits per heavy atom. The van der Waals surface area contributed by atoms with E-state index in [9.17, 15) is 14.9 Å². The SMILES string of the molecule is N#CC1=NN(c2cc(Cl)c(Oc3n[nH]c(=O)c4c3CCC4)c(Cl)c2)C(=O)NC2OC12. The number of aromatic amines is 1. The highest BCUT2D eigenvalue weighted by atomic mass is 35.5. The number of nitrogens with one attached hydrogen (secondary N) is 2. The zero-order valence-corrected chi connectivity index (χ0v) is 16.6. The van der Waals surface area contributed by atoms with Gasteiger partial charge in [-0.3, -0.25) is 4.79 Å². The third-order valence-electron chi connectivity index (χ3n) is 4.98. The van der Waals surface area contributed by atoms with Gasteiger partial charge in [0, 0.05) is 11.1 Å².